The highest BCUT2D eigenvalue weighted by atomic mass is 16.4. The Balaban J connectivity index is 2.64. The van der Waals surface area contributed by atoms with Crippen LogP contribution in [0.1, 0.15) is 6.92 Å². The minimum Gasteiger partial charge on any atom is -0.508 e. The van der Waals surface area contributed by atoms with Crippen LogP contribution in [-0.4, -0.2) is 11.0 Å². The fourth-order valence-electron chi connectivity index (χ4n) is 1.39. The second-order valence-corrected chi connectivity index (χ2v) is 3.35. The lowest BCUT2D eigenvalue weighted by Gasteiger charge is -2.02. The maximum Gasteiger partial charge on any atom is 0.360 e. The molecule has 0 radical (unpaired) electrons. The number of fused-ring (bicyclic) bond motifs is 1. The summed E-state index contributed by atoms with van der Waals surface area (Å²) in [7, 11) is 0. The minimum atomic E-state index is -0.617. The van der Waals surface area contributed by atoms with Gasteiger partial charge >= 0.3 is 5.63 Å². The Kier molecular flexibility index (Phi) is 2.36. The van der Waals surface area contributed by atoms with Crippen LogP contribution in [0.5, 0.6) is 5.75 Å². The molecule has 5 nitrogen and oxygen atoms in total. The monoisotopic (exact) mass is 219 g/mol. The SMILES string of the molecule is CC(=O)Nc1cc2cc(O)ccc2oc1=O. The van der Waals surface area contributed by atoms with Gasteiger partial charge in [-0.2, -0.15) is 0 Å². The largest absolute Gasteiger partial charge is 0.508 e. The molecule has 0 aliphatic carbocycles. The molecule has 2 aromatic rings. The highest BCUT2D eigenvalue weighted by molar-refractivity contribution is 5.91. The van der Waals surface area contributed by atoms with Gasteiger partial charge in [-0.25, -0.2) is 4.79 Å². The van der Waals surface area contributed by atoms with Gasteiger partial charge in [-0.1, -0.05) is 0 Å². The number of carbonyl (C=O) groups is 1. The summed E-state index contributed by atoms with van der Waals surface area (Å²) in [6, 6.07) is 5.82. The normalized spacial score (nSPS) is 10.3. The average molecular weight is 219 g/mol. The molecule has 1 aromatic carbocycles. The number of aromatic hydroxyl groups is 1. The van der Waals surface area contributed by atoms with Gasteiger partial charge in [-0.15, -0.1) is 0 Å². The molecular formula is C11H9NO4. The molecule has 0 saturated carbocycles. The number of amides is 1. The van der Waals surface area contributed by atoms with E-state index in [1.54, 1.807) is 0 Å². The molecule has 0 aliphatic heterocycles. The molecule has 0 spiro atoms. The van der Waals surface area contributed by atoms with Gasteiger partial charge < -0.3 is 14.8 Å². The number of rotatable bonds is 1. The molecule has 16 heavy (non-hydrogen) atoms. The van der Waals surface area contributed by atoms with Gasteiger partial charge in [0.1, 0.15) is 17.0 Å². The number of benzene rings is 1. The van der Waals surface area contributed by atoms with Gasteiger partial charge in [-0.05, 0) is 24.3 Å². The number of anilines is 1. The lowest BCUT2D eigenvalue weighted by molar-refractivity contribution is -0.114. The Hall–Kier alpha value is -2.30. The molecule has 1 aromatic heterocycles. The predicted molar refractivity (Wildman–Crippen MR) is 58.5 cm³/mol. The molecule has 2 N–H and O–H groups in total. The molecule has 1 amide bonds. The minimum absolute atomic E-state index is 0.0607. The average Bonchev–Trinajstić information content (AvgIpc) is 2.19. The number of hydrogen-bond acceptors (Lipinski definition) is 4. The highest BCUT2D eigenvalue weighted by Crippen LogP contribution is 2.20. The van der Waals surface area contributed by atoms with E-state index in [-0.39, 0.29) is 17.3 Å². The van der Waals surface area contributed by atoms with Crippen molar-refractivity contribution >= 4 is 22.6 Å². The standard InChI is InChI=1S/C11H9NO4/c1-6(13)12-9-5-7-4-8(14)2-3-10(7)16-11(9)15/h2-5,14H,1H3,(H,12,13). The first kappa shape index (κ1) is 10.2. The van der Waals surface area contributed by atoms with E-state index < -0.39 is 5.63 Å². The third-order valence-electron chi connectivity index (χ3n) is 2.03. The zero-order chi connectivity index (χ0) is 11.7. The quantitative estimate of drug-likeness (QED) is 0.711. The van der Waals surface area contributed by atoms with Crippen LogP contribution >= 0.6 is 0 Å². The summed E-state index contributed by atoms with van der Waals surface area (Å²) >= 11 is 0. The van der Waals surface area contributed by atoms with Crippen molar-refractivity contribution in [2.24, 2.45) is 0 Å². The Bertz CT molecular complexity index is 615. The summed E-state index contributed by atoms with van der Waals surface area (Å²) in [5.74, 6) is -0.290. The third kappa shape index (κ3) is 1.88. The summed E-state index contributed by atoms with van der Waals surface area (Å²) < 4.78 is 4.97. The number of hydrogen-bond donors (Lipinski definition) is 2. The van der Waals surface area contributed by atoms with Crippen LogP contribution in [0.2, 0.25) is 0 Å². The first-order valence-electron chi connectivity index (χ1n) is 4.61. The number of phenolic OH excluding ortho intramolecular Hbond substituents is 1. The Morgan fingerprint density at radius 2 is 2.12 bits per heavy atom. The molecule has 1 heterocycles. The third-order valence-corrected chi connectivity index (χ3v) is 2.03. The second kappa shape index (κ2) is 3.69. The van der Waals surface area contributed by atoms with Gasteiger partial charge in [0.25, 0.3) is 0 Å². The Morgan fingerprint density at radius 1 is 1.38 bits per heavy atom. The molecule has 2 rings (SSSR count). The van der Waals surface area contributed by atoms with Gasteiger partial charge in [0.2, 0.25) is 5.91 Å². The van der Waals surface area contributed by atoms with E-state index in [9.17, 15) is 14.7 Å². The van der Waals surface area contributed by atoms with Gasteiger partial charge in [0, 0.05) is 12.3 Å². The van der Waals surface area contributed by atoms with Crippen molar-refractivity contribution in [2.45, 2.75) is 6.92 Å². The van der Waals surface area contributed by atoms with E-state index in [1.165, 1.54) is 31.2 Å². The topological polar surface area (TPSA) is 79.5 Å². The summed E-state index contributed by atoms with van der Waals surface area (Å²) in [5, 5.41) is 12.2. The summed E-state index contributed by atoms with van der Waals surface area (Å²) in [6.45, 7) is 1.30. The molecule has 5 heteroatoms. The summed E-state index contributed by atoms with van der Waals surface area (Å²) in [6.07, 6.45) is 0. The van der Waals surface area contributed by atoms with E-state index in [2.05, 4.69) is 5.32 Å². The molecule has 82 valence electrons. The van der Waals surface area contributed by atoms with Crippen LogP contribution in [0.4, 0.5) is 5.69 Å². The molecule has 0 atom stereocenters. The highest BCUT2D eigenvalue weighted by Gasteiger charge is 2.06. The van der Waals surface area contributed by atoms with Crippen LogP contribution in [0.15, 0.2) is 33.5 Å². The Morgan fingerprint density at radius 3 is 2.81 bits per heavy atom. The summed E-state index contributed by atoms with van der Waals surface area (Å²) in [5.41, 5.74) is -0.198. The first-order valence-corrected chi connectivity index (χ1v) is 4.61. The smallest absolute Gasteiger partial charge is 0.360 e. The van der Waals surface area contributed by atoms with Crippen molar-refractivity contribution in [1.29, 1.82) is 0 Å². The van der Waals surface area contributed by atoms with Crippen molar-refractivity contribution in [3.05, 3.63) is 34.7 Å². The molecule has 0 unspecified atom stereocenters. The van der Waals surface area contributed by atoms with E-state index in [4.69, 9.17) is 4.42 Å². The van der Waals surface area contributed by atoms with E-state index in [1.807, 2.05) is 0 Å². The molecular weight excluding hydrogens is 210 g/mol. The predicted octanol–water partition coefficient (Wildman–Crippen LogP) is 1.46. The number of nitrogens with one attached hydrogen (secondary N) is 1. The van der Waals surface area contributed by atoms with Crippen LogP contribution in [-0.2, 0) is 4.79 Å². The van der Waals surface area contributed by atoms with Gasteiger partial charge in [0.15, 0.2) is 0 Å². The van der Waals surface area contributed by atoms with Crippen LogP contribution in [0, 0.1) is 0 Å². The maximum absolute atomic E-state index is 11.4. The van der Waals surface area contributed by atoms with Crippen molar-refractivity contribution < 1.29 is 14.3 Å². The van der Waals surface area contributed by atoms with Crippen LogP contribution in [0.3, 0.4) is 0 Å². The molecule has 0 saturated heterocycles. The van der Waals surface area contributed by atoms with E-state index >= 15 is 0 Å². The van der Waals surface area contributed by atoms with Crippen molar-refractivity contribution in [1.82, 2.24) is 0 Å². The van der Waals surface area contributed by atoms with Gasteiger partial charge in [0.05, 0.1) is 0 Å². The lowest BCUT2D eigenvalue weighted by Crippen LogP contribution is -2.14. The molecule has 0 bridgehead atoms. The van der Waals surface area contributed by atoms with Crippen molar-refractivity contribution in [3.63, 3.8) is 0 Å². The molecule has 0 aliphatic rings. The fraction of sp³-hybridized carbons (Fsp3) is 0.0909. The van der Waals surface area contributed by atoms with E-state index in [0.29, 0.717) is 11.0 Å². The number of phenols is 1. The summed E-state index contributed by atoms with van der Waals surface area (Å²) in [4.78, 5) is 22.2. The fourth-order valence-corrected chi connectivity index (χ4v) is 1.39. The Labute approximate surface area is 90.3 Å². The molecule has 0 fully saturated rings. The number of carbonyl (C=O) groups excluding carboxylic acids is 1. The van der Waals surface area contributed by atoms with E-state index in [0.717, 1.165) is 0 Å². The maximum atomic E-state index is 11.4. The zero-order valence-electron chi connectivity index (χ0n) is 8.48. The van der Waals surface area contributed by atoms with Crippen LogP contribution < -0.4 is 10.9 Å². The zero-order valence-corrected chi connectivity index (χ0v) is 8.48. The van der Waals surface area contributed by atoms with Crippen LogP contribution in [0.25, 0.3) is 11.0 Å². The van der Waals surface area contributed by atoms with Crippen molar-refractivity contribution in [3.8, 4) is 5.75 Å². The van der Waals surface area contributed by atoms with Crippen molar-refractivity contribution in [2.75, 3.05) is 5.32 Å². The van der Waals surface area contributed by atoms with Gasteiger partial charge in [-0.3, -0.25) is 4.79 Å². The lowest BCUT2D eigenvalue weighted by atomic mass is 10.2. The second-order valence-electron chi connectivity index (χ2n) is 3.35. The first-order chi connectivity index (χ1) is 7.56.